The SMILES string of the molecule is COc1ccc(/C=C/C(=O)NNC(=O)COc2cccc(C)c2C)cc1OC. The summed E-state index contributed by atoms with van der Waals surface area (Å²) in [6.45, 7) is 3.68. The molecule has 7 heteroatoms. The normalized spacial score (nSPS) is 10.4. The van der Waals surface area contributed by atoms with Gasteiger partial charge in [0.2, 0.25) is 0 Å². The first kappa shape index (κ1) is 20.8. The van der Waals surface area contributed by atoms with E-state index in [1.807, 2.05) is 26.0 Å². The summed E-state index contributed by atoms with van der Waals surface area (Å²) in [6, 6.07) is 10.9. The molecule has 2 N–H and O–H groups in total. The first-order valence-corrected chi connectivity index (χ1v) is 8.62. The third kappa shape index (κ3) is 5.77. The number of hydrogen-bond donors (Lipinski definition) is 2. The van der Waals surface area contributed by atoms with Crippen molar-refractivity contribution in [1.29, 1.82) is 0 Å². The van der Waals surface area contributed by atoms with E-state index < -0.39 is 11.8 Å². The minimum atomic E-state index is -0.477. The van der Waals surface area contributed by atoms with Crippen LogP contribution in [0.1, 0.15) is 16.7 Å². The van der Waals surface area contributed by atoms with Crippen LogP contribution in [-0.4, -0.2) is 32.6 Å². The van der Waals surface area contributed by atoms with Crippen molar-refractivity contribution < 1.29 is 23.8 Å². The molecule has 0 unspecified atom stereocenters. The number of amides is 2. The Morgan fingerprint density at radius 1 is 0.964 bits per heavy atom. The van der Waals surface area contributed by atoms with Crippen LogP contribution in [0.3, 0.4) is 0 Å². The quantitative estimate of drug-likeness (QED) is 0.566. The van der Waals surface area contributed by atoms with Crippen molar-refractivity contribution >= 4 is 17.9 Å². The lowest BCUT2D eigenvalue weighted by atomic mass is 10.1. The second-order valence-corrected chi connectivity index (χ2v) is 5.97. The summed E-state index contributed by atoms with van der Waals surface area (Å²) < 4.78 is 15.9. The first-order valence-electron chi connectivity index (χ1n) is 8.62. The zero-order valence-electron chi connectivity index (χ0n) is 16.4. The topological polar surface area (TPSA) is 85.9 Å². The zero-order chi connectivity index (χ0) is 20.5. The number of hydrazine groups is 1. The molecule has 0 heterocycles. The van der Waals surface area contributed by atoms with Crippen molar-refractivity contribution in [1.82, 2.24) is 10.9 Å². The summed E-state index contributed by atoms with van der Waals surface area (Å²) in [5, 5.41) is 0. The number of carbonyl (C=O) groups is 2. The fourth-order valence-corrected chi connectivity index (χ4v) is 2.36. The Bertz CT molecular complexity index is 877. The van der Waals surface area contributed by atoms with Crippen molar-refractivity contribution in [2.24, 2.45) is 0 Å². The standard InChI is InChI=1S/C21H24N2O5/c1-14-6-5-7-17(15(14)2)28-13-21(25)23-22-20(24)11-9-16-8-10-18(26-3)19(12-16)27-4/h5-12H,13H2,1-4H3,(H,22,24)(H,23,25)/b11-9+. The largest absolute Gasteiger partial charge is 0.493 e. The Hall–Kier alpha value is -3.48. The average Bonchev–Trinajstić information content (AvgIpc) is 2.71. The van der Waals surface area contributed by atoms with Gasteiger partial charge in [-0.1, -0.05) is 18.2 Å². The maximum absolute atomic E-state index is 11.9. The molecule has 0 atom stereocenters. The van der Waals surface area contributed by atoms with Crippen molar-refractivity contribution in [3.05, 3.63) is 59.2 Å². The highest BCUT2D eigenvalue weighted by Crippen LogP contribution is 2.27. The molecule has 0 saturated heterocycles. The van der Waals surface area contributed by atoms with Gasteiger partial charge in [-0.15, -0.1) is 0 Å². The van der Waals surface area contributed by atoms with Crippen LogP contribution < -0.4 is 25.1 Å². The molecule has 0 aromatic heterocycles. The molecule has 0 saturated carbocycles. The maximum Gasteiger partial charge on any atom is 0.276 e. The highest BCUT2D eigenvalue weighted by molar-refractivity contribution is 5.93. The van der Waals surface area contributed by atoms with Gasteiger partial charge in [-0.3, -0.25) is 20.4 Å². The third-order valence-electron chi connectivity index (χ3n) is 4.07. The van der Waals surface area contributed by atoms with E-state index in [9.17, 15) is 9.59 Å². The lowest BCUT2D eigenvalue weighted by molar-refractivity contribution is -0.128. The molecule has 0 bridgehead atoms. The van der Waals surface area contributed by atoms with Crippen LogP contribution in [0, 0.1) is 13.8 Å². The van der Waals surface area contributed by atoms with Crippen molar-refractivity contribution in [2.75, 3.05) is 20.8 Å². The molecule has 0 radical (unpaired) electrons. The minimum Gasteiger partial charge on any atom is -0.493 e. The number of ether oxygens (including phenoxy) is 3. The van der Waals surface area contributed by atoms with Crippen LogP contribution >= 0.6 is 0 Å². The second kappa shape index (κ2) is 10.0. The fraction of sp³-hybridized carbons (Fsp3) is 0.238. The molecule has 7 nitrogen and oxygen atoms in total. The van der Waals surface area contributed by atoms with E-state index >= 15 is 0 Å². The van der Waals surface area contributed by atoms with Crippen LogP contribution in [-0.2, 0) is 9.59 Å². The molecular weight excluding hydrogens is 360 g/mol. The van der Waals surface area contributed by atoms with E-state index in [0.717, 1.165) is 16.7 Å². The summed E-state index contributed by atoms with van der Waals surface area (Å²) in [7, 11) is 3.08. The molecule has 0 aliphatic heterocycles. The highest BCUT2D eigenvalue weighted by Gasteiger charge is 2.07. The van der Waals surface area contributed by atoms with Gasteiger partial charge in [0.1, 0.15) is 5.75 Å². The Morgan fingerprint density at radius 2 is 1.71 bits per heavy atom. The van der Waals surface area contributed by atoms with Gasteiger partial charge in [-0.25, -0.2) is 0 Å². The van der Waals surface area contributed by atoms with E-state index in [0.29, 0.717) is 17.2 Å². The minimum absolute atomic E-state index is 0.204. The number of rotatable bonds is 7. The number of methoxy groups -OCH3 is 2. The van der Waals surface area contributed by atoms with Crippen LogP contribution in [0.2, 0.25) is 0 Å². The lowest BCUT2D eigenvalue weighted by Gasteiger charge is -2.11. The van der Waals surface area contributed by atoms with Gasteiger partial charge in [0.05, 0.1) is 14.2 Å². The summed E-state index contributed by atoms with van der Waals surface area (Å²) in [4.78, 5) is 23.7. The zero-order valence-corrected chi connectivity index (χ0v) is 16.4. The van der Waals surface area contributed by atoms with Gasteiger partial charge in [-0.05, 0) is 54.8 Å². The van der Waals surface area contributed by atoms with Gasteiger partial charge in [0, 0.05) is 6.08 Å². The second-order valence-electron chi connectivity index (χ2n) is 5.97. The van der Waals surface area contributed by atoms with Gasteiger partial charge in [0.15, 0.2) is 18.1 Å². The Balaban J connectivity index is 1.82. The van der Waals surface area contributed by atoms with Gasteiger partial charge in [0.25, 0.3) is 11.8 Å². The van der Waals surface area contributed by atoms with Crippen LogP contribution in [0.4, 0.5) is 0 Å². The summed E-state index contributed by atoms with van der Waals surface area (Å²) >= 11 is 0. The van der Waals surface area contributed by atoms with Gasteiger partial charge < -0.3 is 14.2 Å². The number of aryl methyl sites for hydroxylation is 1. The van der Waals surface area contributed by atoms with Crippen molar-refractivity contribution in [2.45, 2.75) is 13.8 Å². The van der Waals surface area contributed by atoms with E-state index in [1.165, 1.54) is 13.2 Å². The number of benzene rings is 2. The summed E-state index contributed by atoms with van der Waals surface area (Å²) in [5.74, 6) is 0.848. The van der Waals surface area contributed by atoms with Crippen molar-refractivity contribution in [3.8, 4) is 17.2 Å². The fourth-order valence-electron chi connectivity index (χ4n) is 2.36. The van der Waals surface area contributed by atoms with Gasteiger partial charge in [-0.2, -0.15) is 0 Å². The molecule has 148 valence electrons. The number of hydrogen-bond acceptors (Lipinski definition) is 5. The molecular formula is C21H24N2O5. The number of carbonyl (C=O) groups excluding carboxylic acids is 2. The third-order valence-corrected chi connectivity index (χ3v) is 4.07. The van der Waals surface area contributed by atoms with Crippen LogP contribution in [0.25, 0.3) is 6.08 Å². The Kier molecular flexibility index (Phi) is 7.45. The molecule has 0 fully saturated rings. The molecule has 2 rings (SSSR count). The van der Waals surface area contributed by atoms with E-state index in [1.54, 1.807) is 37.5 Å². The Morgan fingerprint density at radius 3 is 2.43 bits per heavy atom. The van der Waals surface area contributed by atoms with E-state index in [2.05, 4.69) is 10.9 Å². The van der Waals surface area contributed by atoms with Crippen LogP contribution in [0.5, 0.6) is 17.2 Å². The molecule has 2 amide bonds. The highest BCUT2D eigenvalue weighted by atomic mass is 16.5. The molecule has 0 aliphatic carbocycles. The van der Waals surface area contributed by atoms with Crippen molar-refractivity contribution in [3.63, 3.8) is 0 Å². The number of nitrogens with one attached hydrogen (secondary N) is 2. The predicted octanol–water partition coefficient (Wildman–Crippen LogP) is 2.56. The first-order chi connectivity index (χ1) is 13.4. The molecule has 0 aliphatic rings. The van der Waals surface area contributed by atoms with Crippen LogP contribution in [0.15, 0.2) is 42.5 Å². The van der Waals surface area contributed by atoms with E-state index in [-0.39, 0.29) is 6.61 Å². The molecule has 2 aromatic rings. The summed E-state index contributed by atoms with van der Waals surface area (Å²) in [6.07, 6.45) is 2.89. The molecule has 0 spiro atoms. The van der Waals surface area contributed by atoms with Gasteiger partial charge >= 0.3 is 0 Å². The monoisotopic (exact) mass is 384 g/mol. The predicted molar refractivity (Wildman–Crippen MR) is 106 cm³/mol. The smallest absolute Gasteiger partial charge is 0.276 e. The lowest BCUT2D eigenvalue weighted by Crippen LogP contribution is -2.43. The molecule has 2 aromatic carbocycles. The maximum atomic E-state index is 11.9. The average molecular weight is 384 g/mol. The van der Waals surface area contributed by atoms with E-state index in [4.69, 9.17) is 14.2 Å². The summed E-state index contributed by atoms with van der Waals surface area (Å²) in [5.41, 5.74) is 7.40. The molecule has 28 heavy (non-hydrogen) atoms. The Labute approximate surface area is 164 Å².